The minimum atomic E-state index is -0.906. The van der Waals surface area contributed by atoms with Crippen LogP contribution in [0.2, 0.25) is 0 Å². The molecule has 1 aromatic rings. The molecule has 0 amide bonds. The van der Waals surface area contributed by atoms with Gasteiger partial charge in [-0.1, -0.05) is 12.5 Å². The minimum absolute atomic E-state index is 0.118. The van der Waals surface area contributed by atoms with Crippen LogP contribution in [0.4, 0.5) is 5.69 Å². The van der Waals surface area contributed by atoms with Crippen molar-refractivity contribution < 1.29 is 9.90 Å². The molecule has 0 bridgehead atoms. The average molecular weight is 278 g/mol. The zero-order valence-electron chi connectivity index (χ0n) is 10.6. The maximum Gasteiger partial charge on any atom is 0.335 e. The lowest BCUT2D eigenvalue weighted by Crippen LogP contribution is -2.15. The number of carbonyl (C=O) groups is 1. The number of carboxylic acids is 1. The van der Waals surface area contributed by atoms with Gasteiger partial charge in [0.2, 0.25) is 0 Å². The zero-order valence-corrected chi connectivity index (χ0v) is 11.3. The van der Waals surface area contributed by atoms with Crippen LogP contribution in [0.15, 0.2) is 29.5 Å². The molecular formula is C15H16ClNO2. The highest BCUT2D eigenvalue weighted by Crippen LogP contribution is 2.44. The second kappa shape index (κ2) is 4.89. The number of anilines is 1. The molecule has 0 saturated carbocycles. The maximum absolute atomic E-state index is 11.0. The van der Waals surface area contributed by atoms with Gasteiger partial charge < -0.3 is 10.4 Å². The van der Waals surface area contributed by atoms with Gasteiger partial charge in [-0.3, -0.25) is 0 Å². The van der Waals surface area contributed by atoms with Gasteiger partial charge in [0.15, 0.2) is 0 Å². The van der Waals surface area contributed by atoms with E-state index >= 15 is 0 Å². The van der Waals surface area contributed by atoms with Gasteiger partial charge in [0, 0.05) is 11.4 Å². The predicted molar refractivity (Wildman–Crippen MR) is 75.7 cm³/mol. The van der Waals surface area contributed by atoms with E-state index in [1.807, 2.05) is 6.07 Å². The van der Waals surface area contributed by atoms with Crippen molar-refractivity contribution in [2.75, 3.05) is 5.32 Å². The van der Waals surface area contributed by atoms with E-state index in [0.717, 1.165) is 24.1 Å². The first-order valence-corrected chi connectivity index (χ1v) is 7.10. The van der Waals surface area contributed by atoms with Crippen molar-refractivity contribution in [3.05, 3.63) is 40.6 Å². The van der Waals surface area contributed by atoms with Crippen LogP contribution in [-0.4, -0.2) is 11.1 Å². The van der Waals surface area contributed by atoms with Crippen molar-refractivity contribution in [1.82, 2.24) is 0 Å². The molecular weight excluding hydrogens is 262 g/mol. The third-order valence-electron chi connectivity index (χ3n) is 3.93. The highest BCUT2D eigenvalue weighted by Gasteiger charge is 2.27. The zero-order chi connectivity index (χ0) is 13.4. The molecule has 0 spiro atoms. The summed E-state index contributed by atoms with van der Waals surface area (Å²) in [5.41, 5.74) is 4.63. The van der Waals surface area contributed by atoms with E-state index in [2.05, 4.69) is 5.32 Å². The van der Waals surface area contributed by atoms with Gasteiger partial charge in [-0.05, 0) is 49.0 Å². The predicted octanol–water partition coefficient (Wildman–Crippen LogP) is 4.31. The minimum Gasteiger partial charge on any atom is -0.478 e. The Morgan fingerprint density at radius 1 is 1.26 bits per heavy atom. The highest BCUT2D eigenvalue weighted by molar-refractivity contribution is 6.23. The van der Waals surface area contributed by atoms with Crippen molar-refractivity contribution in [3.63, 3.8) is 0 Å². The molecule has 1 heterocycles. The Labute approximate surface area is 117 Å². The van der Waals surface area contributed by atoms with Gasteiger partial charge in [0.25, 0.3) is 0 Å². The molecule has 0 radical (unpaired) electrons. The first-order chi connectivity index (χ1) is 9.16. The van der Waals surface area contributed by atoms with Crippen LogP contribution in [-0.2, 0) is 0 Å². The number of halogens is 1. The van der Waals surface area contributed by atoms with Crippen LogP contribution in [0.5, 0.6) is 0 Å². The summed E-state index contributed by atoms with van der Waals surface area (Å²) in [5, 5.41) is 12.3. The quantitative estimate of drug-likeness (QED) is 0.752. The molecule has 2 N–H and O–H groups in total. The molecule has 0 aromatic heterocycles. The summed E-state index contributed by atoms with van der Waals surface area (Å²) < 4.78 is 0. The molecule has 3 nitrogen and oxygen atoms in total. The summed E-state index contributed by atoms with van der Waals surface area (Å²) >= 11 is 6.58. The third-order valence-corrected chi connectivity index (χ3v) is 4.42. The fourth-order valence-corrected chi connectivity index (χ4v) is 3.33. The van der Waals surface area contributed by atoms with Gasteiger partial charge >= 0.3 is 5.97 Å². The van der Waals surface area contributed by atoms with Crippen molar-refractivity contribution in [3.8, 4) is 0 Å². The Kier molecular flexibility index (Phi) is 3.23. The molecule has 1 aliphatic heterocycles. The van der Waals surface area contributed by atoms with E-state index in [9.17, 15) is 4.79 Å². The van der Waals surface area contributed by atoms with Crippen molar-refractivity contribution in [2.45, 2.75) is 37.5 Å². The number of hydrogen-bond acceptors (Lipinski definition) is 2. The first-order valence-electron chi connectivity index (χ1n) is 6.67. The Hall–Kier alpha value is -1.48. The van der Waals surface area contributed by atoms with Crippen LogP contribution < -0.4 is 5.32 Å². The van der Waals surface area contributed by atoms with Crippen LogP contribution in [0, 0.1) is 0 Å². The first kappa shape index (κ1) is 12.5. The molecule has 19 heavy (non-hydrogen) atoms. The summed E-state index contributed by atoms with van der Waals surface area (Å²) in [5.74, 6) is -0.906. The Morgan fingerprint density at radius 3 is 2.84 bits per heavy atom. The fraction of sp³-hybridized carbons (Fsp3) is 0.400. The standard InChI is InChI=1S/C15H16ClNO2/c16-14-10-4-2-1-3-5-12(10)17-13-8-9(15(18)19)6-7-11(13)14/h6-8,14,17H,1-5H2,(H,18,19). The van der Waals surface area contributed by atoms with Crippen molar-refractivity contribution in [2.24, 2.45) is 0 Å². The molecule has 0 fully saturated rings. The average Bonchev–Trinajstić information content (AvgIpc) is 2.63. The number of rotatable bonds is 1. The van der Waals surface area contributed by atoms with Gasteiger partial charge in [-0.15, -0.1) is 11.6 Å². The van der Waals surface area contributed by atoms with Crippen molar-refractivity contribution >= 4 is 23.3 Å². The van der Waals surface area contributed by atoms with Gasteiger partial charge in [0.1, 0.15) is 0 Å². The number of allylic oxidation sites excluding steroid dienone is 2. The van der Waals surface area contributed by atoms with Gasteiger partial charge in [-0.2, -0.15) is 0 Å². The van der Waals surface area contributed by atoms with Crippen LogP contribution >= 0.6 is 11.6 Å². The smallest absolute Gasteiger partial charge is 0.335 e. The molecule has 0 saturated heterocycles. The Bertz CT molecular complexity index is 565. The van der Waals surface area contributed by atoms with E-state index in [4.69, 9.17) is 16.7 Å². The second-order valence-corrected chi connectivity index (χ2v) is 5.60. The van der Waals surface area contributed by atoms with Crippen LogP contribution in [0.3, 0.4) is 0 Å². The second-order valence-electron chi connectivity index (χ2n) is 5.16. The highest BCUT2D eigenvalue weighted by atomic mass is 35.5. The number of nitrogens with one attached hydrogen (secondary N) is 1. The lowest BCUT2D eigenvalue weighted by Gasteiger charge is -2.28. The molecule has 4 heteroatoms. The molecule has 2 aliphatic rings. The maximum atomic E-state index is 11.0. The van der Waals surface area contributed by atoms with Gasteiger partial charge in [0.05, 0.1) is 10.9 Å². The number of alkyl halides is 1. The number of carboxylic acid groups (broad SMARTS) is 1. The summed E-state index contributed by atoms with van der Waals surface area (Å²) in [7, 11) is 0. The lowest BCUT2D eigenvalue weighted by atomic mass is 9.93. The fourth-order valence-electron chi connectivity index (χ4n) is 2.90. The number of aromatic carboxylic acids is 1. The van der Waals surface area contributed by atoms with Gasteiger partial charge in [-0.25, -0.2) is 4.79 Å². The third kappa shape index (κ3) is 2.23. The summed E-state index contributed by atoms with van der Waals surface area (Å²) in [6.45, 7) is 0. The Morgan fingerprint density at radius 2 is 2.05 bits per heavy atom. The van der Waals surface area contributed by atoms with E-state index in [1.165, 1.54) is 30.5 Å². The normalized spacial score (nSPS) is 22.1. The van der Waals surface area contributed by atoms with Crippen molar-refractivity contribution in [1.29, 1.82) is 0 Å². The number of hydrogen-bond donors (Lipinski definition) is 2. The van der Waals surface area contributed by atoms with E-state index < -0.39 is 5.97 Å². The van der Waals surface area contributed by atoms with Crippen LogP contribution in [0.25, 0.3) is 0 Å². The Balaban J connectivity index is 2.01. The van der Waals surface area contributed by atoms with Crippen LogP contribution in [0.1, 0.15) is 53.4 Å². The lowest BCUT2D eigenvalue weighted by molar-refractivity contribution is 0.0697. The monoisotopic (exact) mass is 277 g/mol. The molecule has 1 aromatic carbocycles. The van der Waals surface area contributed by atoms with E-state index in [0.29, 0.717) is 5.56 Å². The topological polar surface area (TPSA) is 49.3 Å². The molecule has 3 rings (SSSR count). The summed E-state index contributed by atoms with van der Waals surface area (Å²) in [4.78, 5) is 11.0. The molecule has 1 atom stereocenters. The largest absolute Gasteiger partial charge is 0.478 e. The molecule has 1 unspecified atom stereocenters. The molecule has 100 valence electrons. The number of fused-ring (bicyclic) bond motifs is 1. The SMILES string of the molecule is O=C(O)c1ccc2c(c1)NC1=C(CCCCC1)C2Cl. The number of benzene rings is 1. The summed E-state index contributed by atoms with van der Waals surface area (Å²) in [6.07, 6.45) is 5.64. The van der Waals surface area contributed by atoms with E-state index in [-0.39, 0.29) is 5.38 Å². The molecule has 1 aliphatic carbocycles. The summed E-state index contributed by atoms with van der Waals surface area (Å²) in [6, 6.07) is 5.14. The van der Waals surface area contributed by atoms with E-state index in [1.54, 1.807) is 12.1 Å².